The summed E-state index contributed by atoms with van der Waals surface area (Å²) >= 11 is 0. The van der Waals surface area contributed by atoms with Crippen molar-refractivity contribution in [3.63, 3.8) is 0 Å². The highest BCUT2D eigenvalue weighted by molar-refractivity contribution is 5.61. The Morgan fingerprint density at radius 2 is 1.43 bits per heavy atom. The van der Waals surface area contributed by atoms with Gasteiger partial charge < -0.3 is 14.2 Å². The van der Waals surface area contributed by atoms with Gasteiger partial charge in [-0.05, 0) is 29.7 Å². The van der Waals surface area contributed by atoms with Crippen LogP contribution >= 0.6 is 0 Å². The number of benzene rings is 1. The summed E-state index contributed by atoms with van der Waals surface area (Å²) < 4.78 is 16.4. The fraction of sp³-hybridized carbons (Fsp3) is 0.556. The van der Waals surface area contributed by atoms with Gasteiger partial charge in [-0.25, -0.2) is 0 Å². The quantitative estimate of drug-likeness (QED) is 0.225. The van der Waals surface area contributed by atoms with Crippen molar-refractivity contribution < 1.29 is 14.2 Å². The molecule has 8 nitrogen and oxygen atoms in total. The fourth-order valence-electron chi connectivity index (χ4n) is 4.23. The van der Waals surface area contributed by atoms with E-state index in [0.29, 0.717) is 28.8 Å². The molecule has 0 unspecified atom stereocenters. The Morgan fingerprint density at radius 3 is 2.03 bits per heavy atom. The molecule has 2 heterocycles. The maximum atomic E-state index is 5.54. The summed E-state index contributed by atoms with van der Waals surface area (Å²) in [6, 6.07) is 7.59. The number of nitrogens with zero attached hydrogens (tertiary/aromatic N) is 5. The number of methoxy groups -OCH3 is 3. The molecule has 0 N–H and O–H groups in total. The number of rotatable bonds is 16. The van der Waals surface area contributed by atoms with Crippen molar-refractivity contribution >= 4 is 0 Å². The molecule has 0 amide bonds. The number of aromatic nitrogens is 5. The van der Waals surface area contributed by atoms with Gasteiger partial charge in [0.05, 0.1) is 21.3 Å². The Hall–Kier alpha value is -3.16. The maximum Gasteiger partial charge on any atom is 0.223 e. The number of unbranched alkanes of at least 4 members (excludes halogenated alkanes) is 9. The Balaban J connectivity index is 1.63. The van der Waals surface area contributed by atoms with Gasteiger partial charge in [-0.1, -0.05) is 70.8 Å². The first-order valence-corrected chi connectivity index (χ1v) is 12.8. The summed E-state index contributed by atoms with van der Waals surface area (Å²) in [5, 5.41) is 13.2. The molecule has 3 rings (SSSR count). The highest BCUT2D eigenvalue weighted by Crippen LogP contribution is 2.36. The third kappa shape index (κ3) is 7.41. The SMILES string of the molecule is CCCCCCCCCCCCc1cccnc1-c1nnn(-c2c(OC)cc(OC)cc2OC)n1. The maximum absolute atomic E-state index is 5.54. The zero-order valence-corrected chi connectivity index (χ0v) is 21.6. The van der Waals surface area contributed by atoms with Crippen molar-refractivity contribution in [1.29, 1.82) is 0 Å². The summed E-state index contributed by atoms with van der Waals surface area (Å²) in [6.07, 6.45) is 15.9. The zero-order chi connectivity index (χ0) is 24.9. The van der Waals surface area contributed by atoms with Crippen LogP contribution < -0.4 is 14.2 Å². The summed E-state index contributed by atoms with van der Waals surface area (Å²) in [7, 11) is 4.76. The van der Waals surface area contributed by atoms with E-state index in [1.807, 2.05) is 6.07 Å². The van der Waals surface area contributed by atoms with Crippen LogP contribution in [0.4, 0.5) is 0 Å². The van der Waals surface area contributed by atoms with Gasteiger partial charge in [-0.3, -0.25) is 4.98 Å². The second-order valence-electron chi connectivity index (χ2n) is 8.73. The van der Waals surface area contributed by atoms with Gasteiger partial charge in [0, 0.05) is 18.3 Å². The van der Waals surface area contributed by atoms with Crippen molar-refractivity contribution in [3.8, 4) is 34.5 Å². The average Bonchev–Trinajstić information content (AvgIpc) is 3.38. The highest BCUT2D eigenvalue weighted by atomic mass is 16.5. The zero-order valence-electron chi connectivity index (χ0n) is 21.6. The minimum Gasteiger partial charge on any atom is -0.496 e. The molecule has 0 spiro atoms. The van der Waals surface area contributed by atoms with Gasteiger partial charge in [0.25, 0.3) is 0 Å². The third-order valence-corrected chi connectivity index (χ3v) is 6.21. The molecule has 0 aliphatic carbocycles. The molecule has 0 saturated carbocycles. The Kier molecular flexibility index (Phi) is 10.8. The highest BCUT2D eigenvalue weighted by Gasteiger charge is 2.20. The van der Waals surface area contributed by atoms with E-state index in [9.17, 15) is 0 Å². The van der Waals surface area contributed by atoms with Gasteiger partial charge in [0.15, 0.2) is 17.2 Å². The molecule has 0 radical (unpaired) electrons. The second-order valence-corrected chi connectivity index (χ2v) is 8.73. The molecule has 190 valence electrons. The molecule has 0 aliphatic heterocycles. The van der Waals surface area contributed by atoms with Crippen LogP contribution in [0.5, 0.6) is 17.2 Å². The largest absolute Gasteiger partial charge is 0.496 e. The monoisotopic (exact) mass is 481 g/mol. The van der Waals surface area contributed by atoms with Crippen molar-refractivity contribution in [1.82, 2.24) is 25.2 Å². The number of aryl methyl sites for hydroxylation is 1. The number of hydrogen-bond acceptors (Lipinski definition) is 7. The van der Waals surface area contributed by atoms with Crippen LogP contribution in [0.1, 0.15) is 76.7 Å². The lowest BCUT2D eigenvalue weighted by Gasteiger charge is -2.13. The van der Waals surface area contributed by atoms with Crippen molar-refractivity contribution in [2.45, 2.75) is 77.6 Å². The van der Waals surface area contributed by atoms with Crippen molar-refractivity contribution in [2.24, 2.45) is 0 Å². The molecule has 8 heteroatoms. The molecule has 2 aromatic heterocycles. The summed E-state index contributed by atoms with van der Waals surface area (Å²) in [6.45, 7) is 2.26. The van der Waals surface area contributed by atoms with E-state index in [1.165, 1.54) is 62.6 Å². The normalized spacial score (nSPS) is 11.0. The Labute approximate surface area is 209 Å². The molecule has 0 fully saturated rings. The minimum atomic E-state index is 0.479. The second kappa shape index (κ2) is 14.3. The predicted molar refractivity (Wildman–Crippen MR) is 138 cm³/mol. The number of ether oxygens (including phenoxy) is 3. The van der Waals surface area contributed by atoms with E-state index in [1.54, 1.807) is 39.7 Å². The van der Waals surface area contributed by atoms with Crippen LogP contribution in [0, 0.1) is 0 Å². The lowest BCUT2D eigenvalue weighted by Crippen LogP contribution is -2.05. The lowest BCUT2D eigenvalue weighted by molar-refractivity contribution is 0.369. The molecule has 0 aliphatic rings. The van der Waals surface area contributed by atoms with Crippen LogP contribution in [-0.2, 0) is 6.42 Å². The standard InChI is InChI=1S/C27H39N5O3/c1-5-6-7-8-9-10-11-12-13-14-16-21-17-15-18-28-25(21)27-29-31-32(30-27)26-23(34-3)19-22(33-2)20-24(26)35-4/h15,17-20H,5-14,16H2,1-4H3. The average molecular weight is 482 g/mol. The number of hydrogen-bond donors (Lipinski definition) is 0. The number of pyridine rings is 1. The van der Waals surface area contributed by atoms with Gasteiger partial charge in [-0.15, -0.1) is 15.0 Å². The molecule has 0 saturated heterocycles. The molecular weight excluding hydrogens is 442 g/mol. The minimum absolute atomic E-state index is 0.479. The summed E-state index contributed by atoms with van der Waals surface area (Å²) in [4.78, 5) is 5.99. The molecule has 3 aromatic rings. The summed E-state index contributed by atoms with van der Waals surface area (Å²) in [5.41, 5.74) is 2.46. The van der Waals surface area contributed by atoms with Crippen molar-refractivity contribution in [3.05, 3.63) is 36.0 Å². The Morgan fingerprint density at radius 1 is 0.800 bits per heavy atom. The van der Waals surface area contributed by atoms with Gasteiger partial charge in [0.1, 0.15) is 11.4 Å². The van der Waals surface area contributed by atoms with E-state index in [-0.39, 0.29) is 0 Å². The molecular formula is C27H39N5O3. The van der Waals surface area contributed by atoms with E-state index in [4.69, 9.17) is 14.2 Å². The van der Waals surface area contributed by atoms with Crippen LogP contribution in [0.25, 0.3) is 17.2 Å². The first kappa shape index (κ1) is 26.4. The third-order valence-electron chi connectivity index (χ3n) is 6.21. The van der Waals surface area contributed by atoms with Crippen LogP contribution in [0.15, 0.2) is 30.5 Å². The van der Waals surface area contributed by atoms with Gasteiger partial charge in [-0.2, -0.15) is 0 Å². The van der Waals surface area contributed by atoms with Crippen LogP contribution in [0.3, 0.4) is 0 Å². The first-order chi connectivity index (χ1) is 17.2. The van der Waals surface area contributed by atoms with Gasteiger partial charge >= 0.3 is 0 Å². The van der Waals surface area contributed by atoms with Crippen LogP contribution in [-0.4, -0.2) is 46.5 Å². The summed E-state index contributed by atoms with van der Waals surface area (Å²) in [5.74, 6) is 2.15. The van der Waals surface area contributed by atoms with Gasteiger partial charge in [0.2, 0.25) is 5.82 Å². The number of tetrazole rings is 1. The van der Waals surface area contributed by atoms with Crippen molar-refractivity contribution in [2.75, 3.05) is 21.3 Å². The molecule has 0 atom stereocenters. The predicted octanol–water partition coefficient (Wildman–Crippen LogP) is 6.21. The Bertz CT molecular complexity index is 1010. The smallest absolute Gasteiger partial charge is 0.223 e. The molecule has 35 heavy (non-hydrogen) atoms. The first-order valence-electron chi connectivity index (χ1n) is 12.8. The molecule has 1 aromatic carbocycles. The fourth-order valence-corrected chi connectivity index (χ4v) is 4.23. The topological polar surface area (TPSA) is 84.2 Å². The van der Waals surface area contributed by atoms with E-state index in [0.717, 1.165) is 24.1 Å². The van der Waals surface area contributed by atoms with E-state index >= 15 is 0 Å². The lowest BCUT2D eigenvalue weighted by atomic mass is 10.0. The molecule has 0 bridgehead atoms. The van der Waals surface area contributed by atoms with Crippen LogP contribution in [0.2, 0.25) is 0 Å². The van der Waals surface area contributed by atoms with E-state index in [2.05, 4.69) is 33.4 Å². The van der Waals surface area contributed by atoms with E-state index < -0.39 is 0 Å².